The maximum absolute atomic E-state index is 13.8. The van der Waals surface area contributed by atoms with Crippen LogP contribution < -0.4 is 5.56 Å². The van der Waals surface area contributed by atoms with Crippen LogP contribution in [-0.2, 0) is 4.79 Å². The Kier molecular flexibility index (Phi) is 7.25. The van der Waals surface area contributed by atoms with E-state index >= 15 is 0 Å². The summed E-state index contributed by atoms with van der Waals surface area (Å²) in [5, 5.41) is 0.558. The lowest BCUT2D eigenvalue weighted by Crippen LogP contribution is -2.37. The summed E-state index contributed by atoms with van der Waals surface area (Å²) in [6, 6.07) is 22.7. The monoisotopic (exact) mass is 465 g/mol. The number of fused-ring (bicyclic) bond motifs is 1. The molecular weight excluding hydrogens is 434 g/mol. The summed E-state index contributed by atoms with van der Waals surface area (Å²) in [7, 11) is 0. The normalized spacial score (nSPS) is 12.2. The average molecular weight is 466 g/mol. The fraction of sp³-hybridized carbons (Fsp3) is 0.233. The highest BCUT2D eigenvalue weighted by atomic mass is 16.2. The molecule has 1 heterocycles. The summed E-state index contributed by atoms with van der Waals surface area (Å²) in [6.07, 6.45) is 4.04. The van der Waals surface area contributed by atoms with Crippen LogP contribution in [0.15, 0.2) is 83.7 Å². The van der Waals surface area contributed by atoms with Crippen molar-refractivity contribution in [1.29, 1.82) is 0 Å². The van der Waals surface area contributed by atoms with Crippen LogP contribution in [0.2, 0.25) is 0 Å². The number of benzene rings is 3. The molecule has 0 bridgehead atoms. The first-order valence-electron chi connectivity index (χ1n) is 12.1. The van der Waals surface area contributed by atoms with Crippen LogP contribution in [0.4, 0.5) is 0 Å². The molecule has 1 atom stereocenters. The molecule has 3 aromatic carbocycles. The minimum absolute atomic E-state index is 0.114. The van der Waals surface area contributed by atoms with Crippen molar-refractivity contribution in [1.82, 2.24) is 14.5 Å². The smallest absolute Gasteiger partial charge is 0.266 e. The Morgan fingerprint density at radius 3 is 2.37 bits per heavy atom. The van der Waals surface area contributed by atoms with Gasteiger partial charge in [0.05, 0.1) is 22.6 Å². The number of nitrogens with zero attached hydrogens (tertiary/aromatic N) is 3. The summed E-state index contributed by atoms with van der Waals surface area (Å²) in [5.74, 6) is 0.458. The van der Waals surface area contributed by atoms with Crippen LogP contribution in [0.1, 0.15) is 48.8 Å². The third-order valence-corrected chi connectivity index (χ3v) is 6.45. The van der Waals surface area contributed by atoms with E-state index in [1.165, 1.54) is 0 Å². The van der Waals surface area contributed by atoms with Crippen molar-refractivity contribution < 1.29 is 4.79 Å². The van der Waals surface area contributed by atoms with Crippen molar-refractivity contribution in [2.24, 2.45) is 0 Å². The van der Waals surface area contributed by atoms with E-state index in [0.29, 0.717) is 29.7 Å². The Hall–Kier alpha value is -3.99. The molecule has 0 N–H and O–H groups in total. The molecule has 178 valence electrons. The Bertz CT molecular complexity index is 1440. The third-order valence-electron chi connectivity index (χ3n) is 6.45. The molecule has 0 spiro atoms. The number of aryl methyl sites for hydroxylation is 2. The van der Waals surface area contributed by atoms with Gasteiger partial charge in [-0.3, -0.25) is 14.2 Å². The standard InChI is InChI=1S/C30H31N3O2/c1-5-27(32(6-2)28(34)19-17-23-12-8-7-9-13-23)29-31-26-15-11-10-14-25(26)30(35)33(29)24-18-16-21(3)22(4)20-24/h7-20,27H,5-6H2,1-4H3. The lowest BCUT2D eigenvalue weighted by atomic mass is 10.1. The molecule has 0 aliphatic carbocycles. The van der Waals surface area contributed by atoms with Gasteiger partial charge in [-0.1, -0.05) is 55.5 Å². The molecule has 0 saturated carbocycles. The number of aromatic nitrogens is 2. The molecule has 0 aliphatic heterocycles. The lowest BCUT2D eigenvalue weighted by Gasteiger charge is -2.30. The summed E-state index contributed by atoms with van der Waals surface area (Å²) >= 11 is 0. The molecule has 1 unspecified atom stereocenters. The number of carbonyl (C=O) groups is 1. The Morgan fingerprint density at radius 2 is 1.69 bits per heavy atom. The maximum atomic E-state index is 13.8. The van der Waals surface area contributed by atoms with Crippen LogP contribution in [0.25, 0.3) is 22.7 Å². The second kappa shape index (κ2) is 10.5. The first-order valence-corrected chi connectivity index (χ1v) is 12.1. The summed E-state index contributed by atoms with van der Waals surface area (Å²) in [6.45, 7) is 8.55. The predicted octanol–water partition coefficient (Wildman–Crippen LogP) is 6.02. The van der Waals surface area contributed by atoms with Gasteiger partial charge < -0.3 is 4.90 Å². The topological polar surface area (TPSA) is 55.2 Å². The third kappa shape index (κ3) is 4.94. The second-order valence-electron chi connectivity index (χ2n) is 8.69. The van der Waals surface area contributed by atoms with Crippen molar-refractivity contribution in [2.45, 2.75) is 40.2 Å². The first kappa shape index (κ1) is 24.1. The van der Waals surface area contributed by atoms with Crippen molar-refractivity contribution >= 4 is 22.9 Å². The van der Waals surface area contributed by atoms with Crippen molar-refractivity contribution in [3.8, 4) is 5.69 Å². The molecule has 0 radical (unpaired) electrons. The number of amides is 1. The van der Waals surface area contributed by atoms with E-state index in [1.54, 1.807) is 21.6 Å². The first-order chi connectivity index (χ1) is 16.9. The molecule has 4 aromatic rings. The van der Waals surface area contributed by atoms with Gasteiger partial charge in [-0.25, -0.2) is 4.98 Å². The van der Waals surface area contributed by atoms with Gasteiger partial charge in [-0.2, -0.15) is 0 Å². The maximum Gasteiger partial charge on any atom is 0.266 e. The van der Waals surface area contributed by atoms with Crippen LogP contribution in [0.3, 0.4) is 0 Å². The zero-order valence-electron chi connectivity index (χ0n) is 20.7. The fourth-order valence-corrected chi connectivity index (χ4v) is 4.39. The van der Waals surface area contributed by atoms with Crippen LogP contribution in [0.5, 0.6) is 0 Å². The molecule has 1 aromatic heterocycles. The van der Waals surface area contributed by atoms with Crippen LogP contribution in [-0.4, -0.2) is 26.9 Å². The molecule has 35 heavy (non-hydrogen) atoms. The number of likely N-dealkylation sites (N-methyl/N-ethyl adjacent to an activating group) is 1. The second-order valence-corrected chi connectivity index (χ2v) is 8.69. The molecule has 4 rings (SSSR count). The molecule has 0 aliphatic rings. The van der Waals surface area contributed by atoms with Gasteiger partial charge in [0.25, 0.3) is 5.56 Å². The van der Waals surface area contributed by atoms with E-state index in [9.17, 15) is 9.59 Å². The van der Waals surface area contributed by atoms with Gasteiger partial charge in [-0.05, 0) is 74.2 Å². The van der Waals surface area contributed by atoms with Gasteiger partial charge in [-0.15, -0.1) is 0 Å². The Balaban J connectivity index is 1.86. The van der Waals surface area contributed by atoms with Crippen LogP contribution >= 0.6 is 0 Å². The number of carbonyl (C=O) groups excluding carboxylic acids is 1. The molecule has 5 nitrogen and oxygen atoms in total. The van der Waals surface area contributed by atoms with E-state index in [0.717, 1.165) is 22.4 Å². The Labute approximate surface area is 206 Å². The minimum atomic E-state index is -0.369. The number of para-hydroxylation sites is 1. The number of hydrogen-bond acceptors (Lipinski definition) is 3. The van der Waals surface area contributed by atoms with Crippen molar-refractivity contribution in [3.63, 3.8) is 0 Å². The van der Waals surface area contributed by atoms with Gasteiger partial charge in [0, 0.05) is 12.6 Å². The number of rotatable bonds is 7. The zero-order valence-corrected chi connectivity index (χ0v) is 20.7. The van der Waals surface area contributed by atoms with Crippen LogP contribution in [0, 0.1) is 13.8 Å². The minimum Gasteiger partial charge on any atom is -0.329 e. The van der Waals surface area contributed by atoms with E-state index in [4.69, 9.17) is 4.98 Å². The van der Waals surface area contributed by atoms with E-state index in [1.807, 2.05) is 101 Å². The van der Waals surface area contributed by atoms with E-state index < -0.39 is 0 Å². The summed E-state index contributed by atoms with van der Waals surface area (Å²) in [4.78, 5) is 33.8. The average Bonchev–Trinajstić information content (AvgIpc) is 2.88. The predicted molar refractivity (Wildman–Crippen MR) is 143 cm³/mol. The Morgan fingerprint density at radius 1 is 0.971 bits per heavy atom. The quantitative estimate of drug-likeness (QED) is 0.314. The molecule has 0 fully saturated rings. The van der Waals surface area contributed by atoms with Crippen molar-refractivity contribution in [2.75, 3.05) is 6.54 Å². The highest BCUT2D eigenvalue weighted by Crippen LogP contribution is 2.27. The van der Waals surface area contributed by atoms with E-state index in [2.05, 4.69) is 0 Å². The summed E-state index contributed by atoms with van der Waals surface area (Å²) < 4.78 is 1.68. The SMILES string of the molecule is CCC(c1nc2ccccc2c(=O)n1-c1ccc(C)c(C)c1)N(CC)C(=O)C=Cc1ccccc1. The number of hydrogen-bond donors (Lipinski definition) is 0. The summed E-state index contributed by atoms with van der Waals surface area (Å²) in [5.41, 5.74) is 4.47. The highest BCUT2D eigenvalue weighted by Gasteiger charge is 2.27. The van der Waals surface area contributed by atoms with Gasteiger partial charge in [0.1, 0.15) is 5.82 Å². The largest absolute Gasteiger partial charge is 0.329 e. The molecule has 0 saturated heterocycles. The fourth-order valence-electron chi connectivity index (χ4n) is 4.39. The molecular formula is C30H31N3O2. The van der Waals surface area contributed by atoms with Crippen molar-refractivity contribution in [3.05, 3.63) is 112 Å². The molecule has 1 amide bonds. The molecule has 5 heteroatoms. The van der Waals surface area contributed by atoms with E-state index in [-0.39, 0.29) is 17.5 Å². The highest BCUT2D eigenvalue weighted by molar-refractivity contribution is 5.92. The van der Waals surface area contributed by atoms with Gasteiger partial charge in [0.15, 0.2) is 0 Å². The van der Waals surface area contributed by atoms with Gasteiger partial charge in [0.2, 0.25) is 5.91 Å². The zero-order chi connectivity index (χ0) is 24.9. The lowest BCUT2D eigenvalue weighted by molar-refractivity contribution is -0.128. The van der Waals surface area contributed by atoms with Gasteiger partial charge >= 0.3 is 0 Å².